The molecule has 104 valence electrons. The zero-order valence-corrected chi connectivity index (χ0v) is 11.4. The number of ketones is 1. The molecule has 2 aromatic rings. The number of para-hydroxylation sites is 1. The number of hydrogen-bond donors (Lipinski definition) is 1. The van der Waals surface area contributed by atoms with Gasteiger partial charge in [0, 0.05) is 35.8 Å². The Morgan fingerprint density at radius 2 is 1.85 bits per heavy atom. The molecule has 1 N–H and O–H groups in total. The van der Waals surface area contributed by atoms with E-state index in [1.807, 2.05) is 29.2 Å². The first kappa shape index (κ1) is 12.9. The molecule has 0 saturated carbocycles. The highest BCUT2D eigenvalue weighted by Gasteiger charge is 2.21. The summed E-state index contributed by atoms with van der Waals surface area (Å²) in [6.07, 6.45) is 4.96. The van der Waals surface area contributed by atoms with Crippen LogP contribution >= 0.6 is 0 Å². The Labute approximate surface area is 117 Å². The largest absolute Gasteiger partial charge is 0.360 e. The van der Waals surface area contributed by atoms with Crippen molar-refractivity contribution in [2.75, 3.05) is 13.1 Å². The van der Waals surface area contributed by atoms with E-state index >= 15 is 0 Å². The van der Waals surface area contributed by atoms with Crippen LogP contribution in [0.1, 0.15) is 36.0 Å². The molecule has 4 heteroatoms. The van der Waals surface area contributed by atoms with E-state index in [4.69, 9.17) is 0 Å². The number of carbonyl (C=O) groups is 2. The summed E-state index contributed by atoms with van der Waals surface area (Å²) in [5.41, 5.74) is 1.55. The zero-order chi connectivity index (χ0) is 13.9. The lowest BCUT2D eigenvalue weighted by molar-refractivity contribution is -0.131. The van der Waals surface area contributed by atoms with Gasteiger partial charge in [-0.2, -0.15) is 0 Å². The molecule has 4 nitrogen and oxygen atoms in total. The van der Waals surface area contributed by atoms with E-state index < -0.39 is 0 Å². The number of rotatable bonds is 3. The molecule has 1 fully saturated rings. The van der Waals surface area contributed by atoms with Crippen LogP contribution in [0.25, 0.3) is 10.9 Å². The number of Topliss-reactive ketones (excluding diaryl/α,β-unsaturated/α-hetero) is 1. The summed E-state index contributed by atoms with van der Waals surface area (Å²) in [5.74, 6) is -0.141. The Morgan fingerprint density at radius 3 is 2.65 bits per heavy atom. The second-order valence-electron chi connectivity index (χ2n) is 5.29. The normalized spacial score (nSPS) is 15.5. The molecule has 1 aliphatic rings. The number of H-pyrrole nitrogens is 1. The number of piperidine rings is 1. The smallest absolute Gasteiger partial charge is 0.230 e. The van der Waals surface area contributed by atoms with Gasteiger partial charge in [-0.25, -0.2) is 0 Å². The summed E-state index contributed by atoms with van der Waals surface area (Å²) in [5, 5.41) is 0.893. The van der Waals surface area contributed by atoms with Crippen LogP contribution in [-0.2, 0) is 4.79 Å². The van der Waals surface area contributed by atoms with Gasteiger partial charge >= 0.3 is 0 Å². The van der Waals surface area contributed by atoms with Crippen LogP contribution in [0.2, 0.25) is 0 Å². The summed E-state index contributed by atoms with van der Waals surface area (Å²) in [6.45, 7) is 1.58. The van der Waals surface area contributed by atoms with Crippen LogP contribution in [0.4, 0.5) is 0 Å². The van der Waals surface area contributed by atoms with E-state index in [9.17, 15) is 9.59 Å². The summed E-state index contributed by atoms with van der Waals surface area (Å²) >= 11 is 0. The molecular weight excluding hydrogens is 252 g/mol. The van der Waals surface area contributed by atoms with Crippen molar-refractivity contribution in [3.05, 3.63) is 36.0 Å². The number of hydrogen-bond acceptors (Lipinski definition) is 2. The highest BCUT2D eigenvalue weighted by Crippen LogP contribution is 2.20. The molecule has 0 aliphatic carbocycles. The topological polar surface area (TPSA) is 53.2 Å². The molecule has 3 rings (SSSR count). The monoisotopic (exact) mass is 270 g/mol. The van der Waals surface area contributed by atoms with Gasteiger partial charge in [-0.3, -0.25) is 9.59 Å². The van der Waals surface area contributed by atoms with Gasteiger partial charge in [0.1, 0.15) is 0 Å². The van der Waals surface area contributed by atoms with Crippen molar-refractivity contribution < 1.29 is 9.59 Å². The minimum atomic E-state index is -0.0991. The highest BCUT2D eigenvalue weighted by molar-refractivity contribution is 6.14. The third kappa shape index (κ3) is 2.46. The molecule has 0 unspecified atom stereocenters. The Kier molecular flexibility index (Phi) is 3.54. The zero-order valence-electron chi connectivity index (χ0n) is 11.4. The van der Waals surface area contributed by atoms with Crippen molar-refractivity contribution in [2.24, 2.45) is 0 Å². The Balaban J connectivity index is 1.74. The minimum Gasteiger partial charge on any atom is -0.360 e. The SMILES string of the molecule is O=C(CC(=O)N1CCCCC1)c1c[nH]c2ccccc12. The number of aromatic nitrogens is 1. The number of carbonyl (C=O) groups excluding carboxylic acids is 2. The van der Waals surface area contributed by atoms with Crippen LogP contribution in [0.3, 0.4) is 0 Å². The highest BCUT2D eigenvalue weighted by atomic mass is 16.2. The number of fused-ring (bicyclic) bond motifs is 1. The maximum absolute atomic E-state index is 12.3. The van der Waals surface area contributed by atoms with Gasteiger partial charge in [-0.05, 0) is 25.3 Å². The van der Waals surface area contributed by atoms with E-state index in [-0.39, 0.29) is 18.1 Å². The van der Waals surface area contributed by atoms with Crippen LogP contribution < -0.4 is 0 Å². The fourth-order valence-corrected chi connectivity index (χ4v) is 2.79. The molecule has 20 heavy (non-hydrogen) atoms. The summed E-state index contributed by atoms with van der Waals surface area (Å²) in [4.78, 5) is 29.3. The minimum absolute atomic E-state index is 0.0259. The van der Waals surface area contributed by atoms with Crippen LogP contribution in [0, 0.1) is 0 Å². The summed E-state index contributed by atoms with van der Waals surface area (Å²) in [6, 6.07) is 7.66. The third-order valence-corrected chi connectivity index (χ3v) is 3.91. The fourth-order valence-electron chi connectivity index (χ4n) is 2.79. The van der Waals surface area contributed by atoms with Gasteiger partial charge in [-0.15, -0.1) is 0 Å². The quantitative estimate of drug-likeness (QED) is 0.688. The van der Waals surface area contributed by atoms with Crippen molar-refractivity contribution in [3.63, 3.8) is 0 Å². The lowest BCUT2D eigenvalue weighted by Crippen LogP contribution is -2.36. The molecule has 1 amide bonds. The Morgan fingerprint density at radius 1 is 1.10 bits per heavy atom. The van der Waals surface area contributed by atoms with Gasteiger partial charge in [0.25, 0.3) is 0 Å². The van der Waals surface area contributed by atoms with Crippen molar-refractivity contribution in [3.8, 4) is 0 Å². The lowest BCUT2D eigenvalue weighted by atomic mass is 10.1. The summed E-state index contributed by atoms with van der Waals surface area (Å²) in [7, 11) is 0. The Hall–Kier alpha value is -2.10. The standard InChI is InChI=1S/C16H18N2O2/c19-15(10-16(20)18-8-4-1-5-9-18)13-11-17-14-7-3-2-6-12(13)14/h2-3,6-7,11,17H,1,4-5,8-10H2. The van der Waals surface area contributed by atoms with Crippen LogP contribution in [-0.4, -0.2) is 34.7 Å². The molecule has 0 spiro atoms. The summed E-state index contributed by atoms with van der Waals surface area (Å²) < 4.78 is 0. The van der Waals surface area contributed by atoms with E-state index in [0.29, 0.717) is 5.56 Å². The molecular formula is C16H18N2O2. The number of benzene rings is 1. The van der Waals surface area contributed by atoms with Crippen molar-refractivity contribution >= 4 is 22.6 Å². The average molecular weight is 270 g/mol. The second-order valence-corrected chi connectivity index (χ2v) is 5.29. The van der Waals surface area contributed by atoms with E-state index in [0.717, 1.165) is 36.8 Å². The van der Waals surface area contributed by atoms with Crippen molar-refractivity contribution in [1.29, 1.82) is 0 Å². The van der Waals surface area contributed by atoms with Crippen LogP contribution in [0.15, 0.2) is 30.5 Å². The van der Waals surface area contributed by atoms with Gasteiger partial charge in [0.05, 0.1) is 6.42 Å². The number of amides is 1. The first-order chi connectivity index (χ1) is 9.75. The van der Waals surface area contributed by atoms with Crippen LogP contribution in [0.5, 0.6) is 0 Å². The van der Waals surface area contributed by atoms with E-state index in [1.165, 1.54) is 6.42 Å². The third-order valence-electron chi connectivity index (χ3n) is 3.91. The first-order valence-electron chi connectivity index (χ1n) is 7.13. The van der Waals surface area contributed by atoms with Gasteiger partial charge in [-0.1, -0.05) is 18.2 Å². The molecule has 0 radical (unpaired) electrons. The molecule has 2 heterocycles. The Bertz CT molecular complexity index is 639. The number of aromatic amines is 1. The number of nitrogens with one attached hydrogen (secondary N) is 1. The maximum atomic E-state index is 12.3. The molecule has 1 aromatic heterocycles. The van der Waals surface area contributed by atoms with E-state index in [1.54, 1.807) is 6.20 Å². The number of likely N-dealkylation sites (tertiary alicyclic amines) is 1. The van der Waals surface area contributed by atoms with Gasteiger partial charge < -0.3 is 9.88 Å². The van der Waals surface area contributed by atoms with E-state index in [2.05, 4.69) is 4.98 Å². The molecule has 1 aliphatic heterocycles. The predicted molar refractivity (Wildman–Crippen MR) is 77.7 cm³/mol. The van der Waals surface area contributed by atoms with Gasteiger partial charge in [0.15, 0.2) is 5.78 Å². The van der Waals surface area contributed by atoms with Crippen molar-refractivity contribution in [1.82, 2.24) is 9.88 Å². The average Bonchev–Trinajstić information content (AvgIpc) is 2.92. The second kappa shape index (κ2) is 5.49. The molecule has 0 bridgehead atoms. The van der Waals surface area contributed by atoms with Gasteiger partial charge in [0.2, 0.25) is 5.91 Å². The fraction of sp³-hybridized carbons (Fsp3) is 0.375. The molecule has 0 atom stereocenters. The number of nitrogens with zero attached hydrogens (tertiary/aromatic N) is 1. The predicted octanol–water partition coefficient (Wildman–Crippen LogP) is 2.75. The first-order valence-corrected chi connectivity index (χ1v) is 7.13. The molecule has 1 aromatic carbocycles. The lowest BCUT2D eigenvalue weighted by Gasteiger charge is -2.26. The van der Waals surface area contributed by atoms with Crippen molar-refractivity contribution in [2.45, 2.75) is 25.7 Å². The maximum Gasteiger partial charge on any atom is 0.230 e. The molecule has 1 saturated heterocycles.